The Kier molecular flexibility index (Phi) is 4.26. The van der Waals surface area contributed by atoms with Crippen LogP contribution >= 0.6 is 22.9 Å². The Labute approximate surface area is 149 Å². The third-order valence-corrected chi connectivity index (χ3v) is 5.32. The summed E-state index contributed by atoms with van der Waals surface area (Å²) in [7, 11) is 1.84. The number of halogens is 1. The van der Waals surface area contributed by atoms with E-state index in [1.165, 1.54) is 5.69 Å². The summed E-state index contributed by atoms with van der Waals surface area (Å²) in [4.78, 5) is 11.0. The molecular formula is C17H17ClN4OS. The van der Waals surface area contributed by atoms with Gasteiger partial charge < -0.3 is 15.0 Å². The van der Waals surface area contributed by atoms with Crippen molar-refractivity contribution in [1.29, 1.82) is 0 Å². The number of nitrogens with zero attached hydrogens (tertiary/aromatic N) is 3. The van der Waals surface area contributed by atoms with Gasteiger partial charge in [-0.2, -0.15) is 4.98 Å². The van der Waals surface area contributed by atoms with Gasteiger partial charge in [-0.25, -0.2) is 4.98 Å². The Morgan fingerprint density at radius 2 is 1.92 bits per heavy atom. The maximum atomic E-state index is 6.07. The van der Waals surface area contributed by atoms with E-state index in [1.807, 2.05) is 7.05 Å². The minimum atomic E-state index is 0.261. The van der Waals surface area contributed by atoms with E-state index in [0.717, 1.165) is 53.5 Å². The SMILES string of the molecule is CNc1nc(Cl)nc2c(-c3ccc(N4CCOCC4)cc3)csc12. The van der Waals surface area contributed by atoms with Crippen molar-refractivity contribution < 1.29 is 4.74 Å². The van der Waals surface area contributed by atoms with E-state index in [2.05, 4.69) is 49.8 Å². The highest BCUT2D eigenvalue weighted by molar-refractivity contribution is 7.18. The molecule has 0 saturated carbocycles. The van der Waals surface area contributed by atoms with Crippen molar-refractivity contribution in [3.05, 3.63) is 34.9 Å². The third-order valence-electron chi connectivity index (χ3n) is 4.18. The molecule has 0 aliphatic carbocycles. The molecule has 1 aliphatic heterocycles. The standard InChI is InChI=1S/C17H17ClN4OS/c1-19-16-15-14(20-17(18)21-16)13(10-24-15)11-2-4-12(5-3-11)22-6-8-23-9-7-22/h2-5,10H,6-9H2,1H3,(H,19,20,21). The first kappa shape index (κ1) is 15.6. The third kappa shape index (κ3) is 2.81. The number of thiophene rings is 1. The highest BCUT2D eigenvalue weighted by atomic mass is 35.5. The second-order valence-corrected chi connectivity index (χ2v) is 6.78. The van der Waals surface area contributed by atoms with Gasteiger partial charge in [-0.15, -0.1) is 11.3 Å². The van der Waals surface area contributed by atoms with Gasteiger partial charge in [0.1, 0.15) is 5.82 Å². The number of rotatable bonds is 3. The molecular weight excluding hydrogens is 344 g/mol. The summed E-state index contributed by atoms with van der Waals surface area (Å²) >= 11 is 7.70. The fourth-order valence-corrected chi connectivity index (χ4v) is 4.12. The summed E-state index contributed by atoms with van der Waals surface area (Å²) in [6.45, 7) is 3.46. The first-order chi connectivity index (χ1) is 11.8. The monoisotopic (exact) mass is 360 g/mol. The average Bonchev–Trinajstić information content (AvgIpc) is 3.05. The molecule has 0 unspecified atom stereocenters. The second-order valence-electron chi connectivity index (χ2n) is 5.56. The lowest BCUT2D eigenvalue weighted by Crippen LogP contribution is -2.36. The number of ether oxygens (including phenoxy) is 1. The van der Waals surface area contributed by atoms with Crippen molar-refractivity contribution in [2.45, 2.75) is 0 Å². The molecule has 0 amide bonds. The van der Waals surface area contributed by atoms with Crippen LogP contribution in [0.2, 0.25) is 5.28 Å². The van der Waals surface area contributed by atoms with E-state index >= 15 is 0 Å². The fraction of sp³-hybridized carbons (Fsp3) is 0.294. The van der Waals surface area contributed by atoms with Crippen molar-refractivity contribution in [2.24, 2.45) is 0 Å². The second kappa shape index (κ2) is 6.55. The van der Waals surface area contributed by atoms with Gasteiger partial charge in [0.25, 0.3) is 0 Å². The molecule has 2 aromatic heterocycles. The van der Waals surface area contributed by atoms with Crippen LogP contribution in [0.5, 0.6) is 0 Å². The number of anilines is 2. The summed E-state index contributed by atoms with van der Waals surface area (Å²) in [5.74, 6) is 0.770. The highest BCUT2D eigenvalue weighted by Crippen LogP contribution is 2.37. The Hall–Kier alpha value is -1.89. The molecule has 0 bridgehead atoms. The maximum absolute atomic E-state index is 6.07. The van der Waals surface area contributed by atoms with Gasteiger partial charge >= 0.3 is 0 Å². The molecule has 1 fully saturated rings. The average molecular weight is 361 g/mol. The molecule has 5 nitrogen and oxygen atoms in total. The maximum Gasteiger partial charge on any atom is 0.224 e. The van der Waals surface area contributed by atoms with Crippen LogP contribution in [0.25, 0.3) is 21.3 Å². The zero-order valence-corrected chi connectivity index (χ0v) is 14.8. The lowest BCUT2D eigenvalue weighted by atomic mass is 10.1. The Morgan fingerprint density at radius 3 is 2.62 bits per heavy atom. The minimum absolute atomic E-state index is 0.261. The van der Waals surface area contributed by atoms with Gasteiger partial charge in [0.15, 0.2) is 0 Å². The number of benzene rings is 1. The number of hydrogen-bond acceptors (Lipinski definition) is 6. The van der Waals surface area contributed by atoms with Crippen LogP contribution in [0.1, 0.15) is 0 Å². The van der Waals surface area contributed by atoms with Gasteiger partial charge in [-0.05, 0) is 29.3 Å². The lowest BCUT2D eigenvalue weighted by molar-refractivity contribution is 0.122. The van der Waals surface area contributed by atoms with Crippen LogP contribution < -0.4 is 10.2 Å². The number of nitrogens with one attached hydrogen (secondary N) is 1. The van der Waals surface area contributed by atoms with Crippen LogP contribution in [-0.4, -0.2) is 43.3 Å². The normalized spacial score (nSPS) is 15.0. The van der Waals surface area contributed by atoms with Crippen LogP contribution in [0.4, 0.5) is 11.5 Å². The van der Waals surface area contributed by atoms with E-state index in [9.17, 15) is 0 Å². The van der Waals surface area contributed by atoms with E-state index in [-0.39, 0.29) is 5.28 Å². The lowest BCUT2D eigenvalue weighted by Gasteiger charge is -2.28. The predicted molar refractivity (Wildman–Crippen MR) is 100 cm³/mol. The molecule has 0 radical (unpaired) electrons. The van der Waals surface area contributed by atoms with E-state index in [0.29, 0.717) is 0 Å². The molecule has 1 N–H and O–H groups in total. The first-order valence-electron chi connectivity index (χ1n) is 7.82. The molecule has 3 heterocycles. The fourth-order valence-electron chi connectivity index (χ4n) is 2.94. The molecule has 1 aliphatic rings. The zero-order chi connectivity index (χ0) is 16.5. The molecule has 1 saturated heterocycles. The molecule has 0 spiro atoms. The van der Waals surface area contributed by atoms with Gasteiger partial charge in [0.2, 0.25) is 5.28 Å². The van der Waals surface area contributed by atoms with Crippen LogP contribution in [-0.2, 0) is 4.74 Å². The number of aromatic nitrogens is 2. The van der Waals surface area contributed by atoms with Crippen LogP contribution in [0.15, 0.2) is 29.6 Å². The molecule has 3 aromatic rings. The van der Waals surface area contributed by atoms with Crippen LogP contribution in [0, 0.1) is 0 Å². The largest absolute Gasteiger partial charge is 0.378 e. The van der Waals surface area contributed by atoms with Gasteiger partial charge in [0.05, 0.1) is 23.4 Å². The van der Waals surface area contributed by atoms with Gasteiger partial charge in [-0.1, -0.05) is 12.1 Å². The number of fused-ring (bicyclic) bond motifs is 1. The topological polar surface area (TPSA) is 50.3 Å². The summed E-state index contributed by atoms with van der Waals surface area (Å²) in [5.41, 5.74) is 4.34. The molecule has 7 heteroatoms. The summed E-state index contributed by atoms with van der Waals surface area (Å²) in [6.07, 6.45) is 0. The van der Waals surface area contributed by atoms with Crippen molar-refractivity contribution in [3.8, 4) is 11.1 Å². The number of morpholine rings is 1. The first-order valence-corrected chi connectivity index (χ1v) is 9.07. The quantitative estimate of drug-likeness (QED) is 0.718. The number of hydrogen-bond donors (Lipinski definition) is 1. The Balaban J connectivity index is 1.71. The van der Waals surface area contributed by atoms with Crippen LogP contribution in [0.3, 0.4) is 0 Å². The predicted octanol–water partition coefficient (Wildman–Crippen LogP) is 3.89. The van der Waals surface area contributed by atoms with Crippen molar-refractivity contribution >= 4 is 44.7 Å². The summed E-state index contributed by atoms with van der Waals surface area (Å²) < 4.78 is 6.43. The molecule has 1 aromatic carbocycles. The van der Waals surface area contributed by atoms with Crippen molar-refractivity contribution in [3.63, 3.8) is 0 Å². The van der Waals surface area contributed by atoms with Gasteiger partial charge in [0, 0.05) is 36.8 Å². The molecule has 4 rings (SSSR count). The zero-order valence-electron chi connectivity index (χ0n) is 13.3. The van der Waals surface area contributed by atoms with E-state index < -0.39 is 0 Å². The molecule has 0 atom stereocenters. The molecule has 24 heavy (non-hydrogen) atoms. The summed E-state index contributed by atoms with van der Waals surface area (Å²) in [5, 5.41) is 5.46. The van der Waals surface area contributed by atoms with E-state index in [4.69, 9.17) is 16.3 Å². The summed E-state index contributed by atoms with van der Waals surface area (Å²) in [6, 6.07) is 8.60. The Bertz CT molecular complexity index is 859. The van der Waals surface area contributed by atoms with Gasteiger partial charge in [-0.3, -0.25) is 0 Å². The minimum Gasteiger partial charge on any atom is -0.378 e. The Morgan fingerprint density at radius 1 is 1.17 bits per heavy atom. The van der Waals surface area contributed by atoms with Crippen molar-refractivity contribution in [1.82, 2.24) is 9.97 Å². The molecule has 124 valence electrons. The van der Waals surface area contributed by atoms with E-state index in [1.54, 1.807) is 11.3 Å². The highest BCUT2D eigenvalue weighted by Gasteiger charge is 2.15. The van der Waals surface area contributed by atoms with Crippen molar-refractivity contribution in [2.75, 3.05) is 43.6 Å². The smallest absolute Gasteiger partial charge is 0.224 e.